The minimum atomic E-state index is 0.656. The first-order valence-corrected chi connectivity index (χ1v) is 7.84. The molecule has 1 aliphatic carbocycles. The molecule has 1 fully saturated rings. The molecule has 0 radical (unpaired) electrons. The largest absolute Gasteiger partial charge is 0.330 e. The predicted octanol–water partition coefficient (Wildman–Crippen LogP) is 3.63. The van der Waals surface area contributed by atoms with Crippen molar-refractivity contribution in [3.05, 3.63) is 18.2 Å². The highest BCUT2D eigenvalue weighted by Crippen LogP contribution is 2.42. The van der Waals surface area contributed by atoms with Crippen LogP contribution in [-0.4, -0.2) is 16.1 Å². The second kappa shape index (κ2) is 6.56. The first-order valence-electron chi connectivity index (χ1n) is 7.84. The summed E-state index contributed by atoms with van der Waals surface area (Å²) in [4.78, 5) is 4.37. The summed E-state index contributed by atoms with van der Waals surface area (Å²) in [5.41, 5.74) is 1.34. The van der Waals surface area contributed by atoms with Gasteiger partial charge in [0.05, 0.1) is 12.0 Å². The monoisotopic (exact) mass is 263 g/mol. The summed E-state index contributed by atoms with van der Waals surface area (Å²) >= 11 is 0. The molecule has 108 valence electrons. The molecule has 2 rings (SSSR count). The van der Waals surface area contributed by atoms with E-state index in [1.807, 2.05) is 12.5 Å². The minimum Gasteiger partial charge on any atom is -0.330 e. The molecule has 1 aromatic rings. The van der Waals surface area contributed by atoms with Crippen LogP contribution in [0.1, 0.15) is 58.7 Å². The number of nitrogens with zero attached hydrogens (tertiary/aromatic N) is 2. The lowest BCUT2D eigenvalue weighted by Gasteiger charge is -2.23. The van der Waals surface area contributed by atoms with Gasteiger partial charge in [0, 0.05) is 18.8 Å². The molecule has 3 nitrogen and oxygen atoms in total. The molecule has 0 aliphatic heterocycles. The zero-order chi connectivity index (χ0) is 13.8. The van der Waals surface area contributed by atoms with Gasteiger partial charge in [-0.05, 0) is 37.1 Å². The number of rotatable bonds is 6. The Balaban J connectivity index is 1.99. The van der Waals surface area contributed by atoms with Gasteiger partial charge in [-0.1, -0.05) is 34.1 Å². The van der Waals surface area contributed by atoms with Gasteiger partial charge in [0.25, 0.3) is 0 Å². The molecule has 1 N–H and O–H groups in total. The number of nitrogens with one attached hydrogen (secondary N) is 1. The first kappa shape index (κ1) is 14.6. The maximum Gasteiger partial charge on any atom is 0.0951 e. The third-order valence-electron chi connectivity index (χ3n) is 4.67. The molecule has 1 heterocycles. The second-order valence-corrected chi connectivity index (χ2v) is 6.49. The van der Waals surface area contributed by atoms with Crippen molar-refractivity contribution in [3.8, 4) is 0 Å². The van der Waals surface area contributed by atoms with Gasteiger partial charge in [0.15, 0.2) is 0 Å². The van der Waals surface area contributed by atoms with Gasteiger partial charge >= 0.3 is 0 Å². The SMILES string of the molecule is CCC1CCC(n2cncc2CNCC(C)C)C1C. The van der Waals surface area contributed by atoms with Crippen molar-refractivity contribution in [2.45, 2.75) is 59.5 Å². The van der Waals surface area contributed by atoms with Crippen LogP contribution >= 0.6 is 0 Å². The van der Waals surface area contributed by atoms with Crippen LogP contribution < -0.4 is 5.32 Å². The lowest BCUT2D eigenvalue weighted by atomic mass is 9.93. The highest BCUT2D eigenvalue weighted by Gasteiger charge is 2.33. The first-order chi connectivity index (χ1) is 9.13. The van der Waals surface area contributed by atoms with Crippen LogP contribution in [0.2, 0.25) is 0 Å². The summed E-state index contributed by atoms with van der Waals surface area (Å²) < 4.78 is 2.42. The molecular weight excluding hydrogens is 234 g/mol. The maximum atomic E-state index is 4.37. The standard InChI is InChI=1S/C16H29N3/c1-5-14-6-7-16(13(14)4)19-11-18-10-15(19)9-17-8-12(2)3/h10-14,16-17H,5-9H2,1-4H3. The van der Waals surface area contributed by atoms with Crippen LogP contribution in [0.25, 0.3) is 0 Å². The van der Waals surface area contributed by atoms with E-state index in [4.69, 9.17) is 0 Å². The van der Waals surface area contributed by atoms with Gasteiger partial charge < -0.3 is 9.88 Å². The normalized spacial score (nSPS) is 27.3. The maximum absolute atomic E-state index is 4.37. The zero-order valence-electron chi connectivity index (χ0n) is 12.9. The van der Waals surface area contributed by atoms with E-state index in [0.717, 1.165) is 24.9 Å². The van der Waals surface area contributed by atoms with E-state index in [0.29, 0.717) is 12.0 Å². The molecule has 1 saturated carbocycles. The van der Waals surface area contributed by atoms with Crippen LogP contribution in [0, 0.1) is 17.8 Å². The summed E-state index contributed by atoms with van der Waals surface area (Å²) in [6.07, 6.45) is 8.06. The Kier molecular flexibility index (Phi) is 5.03. The predicted molar refractivity (Wildman–Crippen MR) is 80.0 cm³/mol. The third-order valence-corrected chi connectivity index (χ3v) is 4.67. The molecule has 3 unspecified atom stereocenters. The molecule has 0 amide bonds. The minimum absolute atomic E-state index is 0.656. The van der Waals surface area contributed by atoms with Crippen molar-refractivity contribution in [2.24, 2.45) is 17.8 Å². The average Bonchev–Trinajstić information content (AvgIpc) is 2.95. The summed E-state index contributed by atoms with van der Waals surface area (Å²) in [5, 5.41) is 3.53. The average molecular weight is 263 g/mol. The fourth-order valence-corrected chi connectivity index (χ4v) is 3.45. The second-order valence-electron chi connectivity index (χ2n) is 6.49. The van der Waals surface area contributed by atoms with Gasteiger partial charge in [0.2, 0.25) is 0 Å². The Morgan fingerprint density at radius 3 is 2.84 bits per heavy atom. The fourth-order valence-electron chi connectivity index (χ4n) is 3.45. The summed E-state index contributed by atoms with van der Waals surface area (Å²) in [6, 6.07) is 0.656. The van der Waals surface area contributed by atoms with E-state index < -0.39 is 0 Å². The van der Waals surface area contributed by atoms with Crippen LogP contribution in [-0.2, 0) is 6.54 Å². The Morgan fingerprint density at radius 2 is 2.21 bits per heavy atom. The number of hydrogen-bond acceptors (Lipinski definition) is 2. The molecule has 3 heteroatoms. The van der Waals surface area contributed by atoms with Crippen molar-refractivity contribution in [1.29, 1.82) is 0 Å². The lowest BCUT2D eigenvalue weighted by Crippen LogP contribution is -2.23. The van der Waals surface area contributed by atoms with Crippen LogP contribution in [0.15, 0.2) is 12.5 Å². The molecule has 0 spiro atoms. The van der Waals surface area contributed by atoms with Gasteiger partial charge in [-0.25, -0.2) is 4.98 Å². The van der Waals surface area contributed by atoms with Gasteiger partial charge in [-0.2, -0.15) is 0 Å². The highest BCUT2D eigenvalue weighted by atomic mass is 15.1. The highest BCUT2D eigenvalue weighted by molar-refractivity contribution is 5.02. The zero-order valence-corrected chi connectivity index (χ0v) is 12.9. The fraction of sp³-hybridized carbons (Fsp3) is 0.812. The molecule has 0 bridgehead atoms. The van der Waals surface area contributed by atoms with Crippen molar-refractivity contribution < 1.29 is 0 Å². The molecule has 0 saturated heterocycles. The smallest absolute Gasteiger partial charge is 0.0951 e. The lowest BCUT2D eigenvalue weighted by molar-refractivity contribution is 0.323. The van der Waals surface area contributed by atoms with Crippen molar-refractivity contribution in [1.82, 2.24) is 14.9 Å². The van der Waals surface area contributed by atoms with Gasteiger partial charge in [0.1, 0.15) is 0 Å². The number of aromatic nitrogens is 2. The van der Waals surface area contributed by atoms with Crippen molar-refractivity contribution in [3.63, 3.8) is 0 Å². The molecule has 19 heavy (non-hydrogen) atoms. The van der Waals surface area contributed by atoms with Crippen LogP contribution in [0.3, 0.4) is 0 Å². The molecule has 3 atom stereocenters. The summed E-state index contributed by atoms with van der Waals surface area (Å²) in [7, 11) is 0. The quantitative estimate of drug-likeness (QED) is 0.849. The Hall–Kier alpha value is -0.830. The number of hydrogen-bond donors (Lipinski definition) is 1. The van der Waals surface area contributed by atoms with E-state index in [1.165, 1.54) is 25.0 Å². The topological polar surface area (TPSA) is 29.9 Å². The van der Waals surface area contributed by atoms with Gasteiger partial charge in [-0.15, -0.1) is 0 Å². The van der Waals surface area contributed by atoms with E-state index in [2.05, 4.69) is 42.6 Å². The van der Waals surface area contributed by atoms with Crippen LogP contribution in [0.5, 0.6) is 0 Å². The van der Waals surface area contributed by atoms with E-state index in [-0.39, 0.29) is 0 Å². The van der Waals surface area contributed by atoms with E-state index in [1.54, 1.807) is 0 Å². The van der Waals surface area contributed by atoms with E-state index in [9.17, 15) is 0 Å². The number of imidazole rings is 1. The van der Waals surface area contributed by atoms with Crippen LogP contribution in [0.4, 0.5) is 0 Å². The molecule has 0 aromatic carbocycles. The Labute approximate surface area is 117 Å². The summed E-state index contributed by atoms with van der Waals surface area (Å²) in [5.74, 6) is 2.37. The van der Waals surface area contributed by atoms with E-state index >= 15 is 0 Å². The Bertz CT molecular complexity index is 383. The Morgan fingerprint density at radius 1 is 1.42 bits per heavy atom. The molecule has 1 aliphatic rings. The molecule has 1 aromatic heterocycles. The molecular formula is C16H29N3. The van der Waals surface area contributed by atoms with Crippen molar-refractivity contribution in [2.75, 3.05) is 6.54 Å². The van der Waals surface area contributed by atoms with Crippen molar-refractivity contribution >= 4 is 0 Å². The summed E-state index contributed by atoms with van der Waals surface area (Å²) in [6.45, 7) is 11.2. The third kappa shape index (κ3) is 3.38. The van der Waals surface area contributed by atoms with Gasteiger partial charge in [-0.3, -0.25) is 0 Å².